The van der Waals surface area contributed by atoms with Crippen LogP contribution in [0.15, 0.2) is 18.2 Å². The lowest BCUT2D eigenvalue weighted by Crippen LogP contribution is -2.12. The Hall–Kier alpha value is -1.44. The Labute approximate surface area is 104 Å². The molecule has 2 N–H and O–H groups in total. The monoisotopic (exact) mass is 283 g/mol. The molecule has 0 aliphatic rings. The molecule has 1 aromatic rings. The molecule has 100 valence electrons. The van der Waals surface area contributed by atoms with Crippen LogP contribution in [0.5, 0.6) is 0 Å². The number of aromatic carboxylic acids is 1. The first-order valence-electron chi connectivity index (χ1n) is 4.77. The molecule has 0 heterocycles. The summed E-state index contributed by atoms with van der Waals surface area (Å²) in [6.07, 6.45) is 0. The maximum absolute atomic E-state index is 12.8. The summed E-state index contributed by atoms with van der Waals surface area (Å²) >= 11 is -0.214. The zero-order valence-corrected chi connectivity index (χ0v) is 9.74. The molecule has 0 amide bonds. The first-order valence-corrected chi connectivity index (χ1v) is 5.75. The molecular formula is C10H9F4NO2S. The SMILES string of the molecule is O=C(O)c1cc(F)ccc1NCCSC(F)(F)F. The van der Waals surface area contributed by atoms with E-state index in [0.717, 1.165) is 12.1 Å². The molecule has 0 aromatic heterocycles. The van der Waals surface area contributed by atoms with Crippen LogP contribution in [0.25, 0.3) is 0 Å². The van der Waals surface area contributed by atoms with E-state index in [0.29, 0.717) is 0 Å². The minimum absolute atomic E-state index is 0.0733. The number of hydrogen-bond donors (Lipinski definition) is 2. The number of carboxylic acid groups (broad SMARTS) is 1. The quantitative estimate of drug-likeness (QED) is 0.643. The van der Waals surface area contributed by atoms with Crippen molar-refractivity contribution in [3.05, 3.63) is 29.6 Å². The number of anilines is 1. The van der Waals surface area contributed by atoms with E-state index in [1.54, 1.807) is 0 Å². The van der Waals surface area contributed by atoms with Crippen molar-refractivity contribution in [2.45, 2.75) is 5.51 Å². The number of alkyl halides is 3. The molecule has 8 heteroatoms. The highest BCUT2D eigenvalue weighted by molar-refractivity contribution is 8.00. The highest BCUT2D eigenvalue weighted by Gasteiger charge is 2.27. The Balaban J connectivity index is 2.59. The van der Waals surface area contributed by atoms with Gasteiger partial charge in [-0.2, -0.15) is 13.2 Å². The van der Waals surface area contributed by atoms with E-state index in [-0.39, 0.29) is 35.3 Å². The van der Waals surface area contributed by atoms with Crippen molar-refractivity contribution in [2.75, 3.05) is 17.6 Å². The fourth-order valence-corrected chi connectivity index (χ4v) is 1.64. The van der Waals surface area contributed by atoms with E-state index in [1.165, 1.54) is 6.07 Å². The second-order valence-electron chi connectivity index (χ2n) is 3.22. The summed E-state index contributed by atoms with van der Waals surface area (Å²) in [6, 6.07) is 3.02. The van der Waals surface area contributed by atoms with Gasteiger partial charge in [0.1, 0.15) is 5.82 Å². The van der Waals surface area contributed by atoms with Gasteiger partial charge in [-0.05, 0) is 30.0 Å². The molecular weight excluding hydrogens is 274 g/mol. The van der Waals surface area contributed by atoms with E-state index in [4.69, 9.17) is 5.11 Å². The summed E-state index contributed by atoms with van der Waals surface area (Å²) < 4.78 is 48.3. The Kier molecular flexibility index (Phi) is 4.83. The van der Waals surface area contributed by atoms with Crippen LogP contribution in [0, 0.1) is 5.82 Å². The topological polar surface area (TPSA) is 49.3 Å². The highest BCUT2D eigenvalue weighted by Crippen LogP contribution is 2.29. The molecule has 3 nitrogen and oxygen atoms in total. The summed E-state index contributed by atoms with van der Waals surface area (Å²) in [5.41, 5.74) is -4.54. The van der Waals surface area contributed by atoms with Crippen LogP contribution in [0.4, 0.5) is 23.2 Å². The molecule has 0 saturated carbocycles. The molecule has 18 heavy (non-hydrogen) atoms. The Morgan fingerprint density at radius 2 is 2.06 bits per heavy atom. The van der Waals surface area contributed by atoms with E-state index in [9.17, 15) is 22.4 Å². The second-order valence-corrected chi connectivity index (χ2v) is 4.38. The van der Waals surface area contributed by atoms with Gasteiger partial charge < -0.3 is 10.4 Å². The third-order valence-electron chi connectivity index (χ3n) is 1.90. The second kappa shape index (κ2) is 5.94. The molecule has 1 rings (SSSR count). The zero-order valence-electron chi connectivity index (χ0n) is 8.92. The standard InChI is InChI=1S/C10H9F4NO2S/c11-6-1-2-8(7(5-6)9(16)17)15-3-4-18-10(12,13)14/h1-2,5,15H,3-4H2,(H,16,17). The van der Waals surface area contributed by atoms with Gasteiger partial charge in [-0.3, -0.25) is 0 Å². The van der Waals surface area contributed by atoms with Crippen molar-refractivity contribution < 1.29 is 27.5 Å². The molecule has 0 aliphatic heterocycles. The van der Waals surface area contributed by atoms with Crippen LogP contribution in [0.2, 0.25) is 0 Å². The first-order chi connectivity index (χ1) is 8.29. The number of rotatable bonds is 5. The molecule has 1 aromatic carbocycles. The number of hydrogen-bond acceptors (Lipinski definition) is 3. The molecule has 0 spiro atoms. The Bertz CT molecular complexity index is 436. The highest BCUT2D eigenvalue weighted by atomic mass is 32.2. The number of carboxylic acids is 1. The Morgan fingerprint density at radius 3 is 2.61 bits per heavy atom. The van der Waals surface area contributed by atoms with Crippen LogP contribution < -0.4 is 5.32 Å². The minimum Gasteiger partial charge on any atom is -0.478 e. The largest absolute Gasteiger partial charge is 0.478 e. The summed E-state index contributed by atoms with van der Waals surface area (Å²) in [5, 5.41) is 11.3. The molecule has 0 saturated heterocycles. The summed E-state index contributed by atoms with van der Waals surface area (Å²) in [6.45, 7) is -0.0733. The smallest absolute Gasteiger partial charge is 0.441 e. The first kappa shape index (κ1) is 14.6. The normalized spacial score (nSPS) is 11.3. The summed E-state index contributed by atoms with van der Waals surface area (Å²) in [5.74, 6) is -2.33. The zero-order chi connectivity index (χ0) is 13.8. The lowest BCUT2D eigenvalue weighted by atomic mass is 10.1. The van der Waals surface area contributed by atoms with Crippen molar-refractivity contribution in [3.8, 4) is 0 Å². The van der Waals surface area contributed by atoms with Gasteiger partial charge in [-0.15, -0.1) is 0 Å². The maximum Gasteiger partial charge on any atom is 0.441 e. The molecule has 0 atom stereocenters. The van der Waals surface area contributed by atoms with E-state index < -0.39 is 17.3 Å². The molecule has 0 radical (unpaired) electrons. The van der Waals surface area contributed by atoms with Crippen LogP contribution in [0.3, 0.4) is 0 Å². The van der Waals surface area contributed by atoms with Crippen LogP contribution >= 0.6 is 11.8 Å². The fraction of sp³-hybridized carbons (Fsp3) is 0.300. The van der Waals surface area contributed by atoms with Crippen molar-refractivity contribution in [3.63, 3.8) is 0 Å². The van der Waals surface area contributed by atoms with E-state index in [2.05, 4.69) is 5.32 Å². The molecule has 0 aliphatic carbocycles. The van der Waals surface area contributed by atoms with E-state index in [1.807, 2.05) is 0 Å². The van der Waals surface area contributed by atoms with Gasteiger partial charge in [-0.25, -0.2) is 9.18 Å². The van der Waals surface area contributed by atoms with Crippen molar-refractivity contribution in [2.24, 2.45) is 0 Å². The lowest BCUT2D eigenvalue weighted by molar-refractivity contribution is -0.0327. The van der Waals surface area contributed by atoms with Gasteiger partial charge in [0.25, 0.3) is 0 Å². The van der Waals surface area contributed by atoms with Gasteiger partial charge in [0, 0.05) is 18.0 Å². The number of carbonyl (C=O) groups is 1. The number of nitrogens with one attached hydrogen (secondary N) is 1. The fourth-order valence-electron chi connectivity index (χ4n) is 1.20. The van der Waals surface area contributed by atoms with Crippen molar-refractivity contribution in [1.29, 1.82) is 0 Å². The van der Waals surface area contributed by atoms with Gasteiger partial charge in [0.2, 0.25) is 0 Å². The minimum atomic E-state index is -4.32. The van der Waals surface area contributed by atoms with Crippen LogP contribution in [0.1, 0.15) is 10.4 Å². The third kappa shape index (κ3) is 4.82. The average Bonchev–Trinajstić information content (AvgIpc) is 2.24. The number of halogens is 4. The molecule has 0 fully saturated rings. The summed E-state index contributed by atoms with van der Waals surface area (Å²) in [4.78, 5) is 10.8. The van der Waals surface area contributed by atoms with E-state index >= 15 is 0 Å². The molecule has 0 unspecified atom stereocenters. The molecule has 0 bridgehead atoms. The third-order valence-corrected chi connectivity index (χ3v) is 2.63. The van der Waals surface area contributed by atoms with Gasteiger partial charge in [-0.1, -0.05) is 0 Å². The predicted octanol–water partition coefficient (Wildman–Crippen LogP) is 3.19. The van der Waals surface area contributed by atoms with Gasteiger partial charge in [0.05, 0.1) is 5.56 Å². The maximum atomic E-state index is 12.8. The lowest BCUT2D eigenvalue weighted by Gasteiger charge is -2.10. The average molecular weight is 283 g/mol. The van der Waals surface area contributed by atoms with Crippen molar-refractivity contribution in [1.82, 2.24) is 0 Å². The number of thioether (sulfide) groups is 1. The summed E-state index contributed by atoms with van der Waals surface area (Å²) in [7, 11) is 0. The van der Waals surface area contributed by atoms with Crippen LogP contribution in [-0.4, -0.2) is 28.9 Å². The van der Waals surface area contributed by atoms with Crippen LogP contribution in [-0.2, 0) is 0 Å². The Morgan fingerprint density at radius 1 is 1.39 bits per heavy atom. The predicted molar refractivity (Wildman–Crippen MR) is 60.4 cm³/mol. The van der Waals surface area contributed by atoms with Crippen molar-refractivity contribution >= 4 is 23.4 Å². The van der Waals surface area contributed by atoms with Gasteiger partial charge in [0.15, 0.2) is 0 Å². The number of benzene rings is 1. The van der Waals surface area contributed by atoms with Gasteiger partial charge >= 0.3 is 11.5 Å².